The van der Waals surface area contributed by atoms with Crippen molar-refractivity contribution in [3.8, 4) is 11.8 Å². The first-order chi connectivity index (χ1) is 17.0. The van der Waals surface area contributed by atoms with Gasteiger partial charge in [0.2, 0.25) is 0 Å². The Morgan fingerprint density at radius 3 is 2.37 bits per heavy atom. The molecule has 1 N–H and O–H groups in total. The molecule has 0 bridgehead atoms. The van der Waals surface area contributed by atoms with E-state index in [0.29, 0.717) is 19.6 Å². The molecule has 1 amide bonds. The lowest BCUT2D eigenvalue weighted by atomic mass is 10.1. The summed E-state index contributed by atoms with van der Waals surface area (Å²) in [6.45, 7) is 0.924. The third-order valence-corrected chi connectivity index (χ3v) is 7.09. The lowest BCUT2D eigenvalue weighted by molar-refractivity contribution is -0.117. The molecule has 0 aliphatic carbocycles. The van der Waals surface area contributed by atoms with E-state index in [0.717, 1.165) is 29.6 Å². The van der Waals surface area contributed by atoms with Crippen molar-refractivity contribution in [2.24, 2.45) is 0 Å². The average molecular weight is 684 g/mol. The molecule has 4 aromatic carbocycles. The van der Waals surface area contributed by atoms with Gasteiger partial charge in [0.05, 0.1) is 7.14 Å². The summed E-state index contributed by atoms with van der Waals surface area (Å²) >= 11 is 4.47. The predicted octanol–water partition coefficient (Wildman–Crippen LogP) is 6.89. The van der Waals surface area contributed by atoms with Crippen molar-refractivity contribution >= 4 is 67.9 Å². The number of ether oxygens (including phenoxy) is 1. The van der Waals surface area contributed by atoms with Crippen LogP contribution in [0.15, 0.2) is 90.5 Å². The molecule has 0 aliphatic rings. The predicted molar refractivity (Wildman–Crippen MR) is 157 cm³/mol. The highest BCUT2D eigenvalue weighted by molar-refractivity contribution is 14.1. The molecule has 0 saturated carbocycles. The van der Waals surface area contributed by atoms with Crippen LogP contribution >= 0.6 is 45.2 Å². The van der Waals surface area contributed by atoms with E-state index in [1.807, 2.05) is 66.7 Å². The monoisotopic (exact) mass is 684 g/mol. The first-order valence-electron chi connectivity index (χ1n) is 11.1. The zero-order chi connectivity index (χ0) is 24.6. The van der Waals surface area contributed by atoms with Gasteiger partial charge >= 0.3 is 0 Å². The summed E-state index contributed by atoms with van der Waals surface area (Å²) in [5.41, 5.74) is 3.12. The van der Waals surface area contributed by atoms with Gasteiger partial charge in [0.15, 0.2) is 0 Å². The van der Waals surface area contributed by atoms with E-state index in [2.05, 4.69) is 74.8 Å². The van der Waals surface area contributed by atoms with Gasteiger partial charge in [-0.25, -0.2) is 0 Å². The Labute approximate surface area is 232 Å². The fraction of sp³-hybridized carbons (Fsp3) is 0.103. The fourth-order valence-corrected chi connectivity index (χ4v) is 5.87. The molecule has 4 rings (SSSR count). The zero-order valence-electron chi connectivity index (χ0n) is 18.8. The lowest BCUT2D eigenvalue weighted by Gasteiger charge is -2.13. The fourth-order valence-electron chi connectivity index (χ4n) is 3.74. The van der Waals surface area contributed by atoms with E-state index in [4.69, 9.17) is 4.74 Å². The van der Waals surface area contributed by atoms with Crippen LogP contribution in [0.3, 0.4) is 0 Å². The molecule has 0 unspecified atom stereocenters. The van der Waals surface area contributed by atoms with Gasteiger partial charge in [0, 0.05) is 6.54 Å². The Morgan fingerprint density at radius 1 is 0.943 bits per heavy atom. The maximum Gasteiger partial charge on any atom is 0.261 e. The van der Waals surface area contributed by atoms with Crippen molar-refractivity contribution in [1.29, 1.82) is 5.26 Å². The highest BCUT2D eigenvalue weighted by Gasteiger charge is 2.13. The third kappa shape index (κ3) is 6.61. The summed E-state index contributed by atoms with van der Waals surface area (Å²) < 4.78 is 8.05. The number of hydrogen-bond acceptors (Lipinski definition) is 3. The number of hydrogen-bond donors (Lipinski definition) is 1. The number of amides is 1. The molecule has 0 radical (unpaired) electrons. The number of nitriles is 1. The molecule has 4 aromatic rings. The molecule has 6 heteroatoms. The summed E-state index contributed by atoms with van der Waals surface area (Å²) in [4.78, 5) is 12.5. The summed E-state index contributed by atoms with van der Waals surface area (Å²) in [7, 11) is 0. The number of halogens is 2. The van der Waals surface area contributed by atoms with Gasteiger partial charge < -0.3 is 10.1 Å². The number of carbonyl (C=O) groups excluding carboxylic acids is 1. The van der Waals surface area contributed by atoms with Gasteiger partial charge in [0.25, 0.3) is 5.91 Å². The minimum absolute atomic E-state index is 0.0779. The third-order valence-electron chi connectivity index (χ3n) is 5.49. The molecule has 0 fully saturated rings. The van der Waals surface area contributed by atoms with Gasteiger partial charge in [-0.3, -0.25) is 4.79 Å². The standard InChI is InChI=1S/C29H22I2N2O2/c30-26-16-21(15-24(18-32)29(34)33-14-13-20-7-2-1-3-8-20)17-27(31)28(26)35-19-23-11-6-10-22-9-4-5-12-25(22)23/h1-12,15-17H,13-14,19H2,(H,33,34)/b24-15+. The number of fused-ring (bicyclic) bond motifs is 1. The van der Waals surface area contributed by atoms with Gasteiger partial charge in [-0.15, -0.1) is 0 Å². The van der Waals surface area contributed by atoms with Crippen molar-refractivity contribution in [2.75, 3.05) is 6.54 Å². The average Bonchev–Trinajstić information content (AvgIpc) is 2.87. The van der Waals surface area contributed by atoms with E-state index in [1.165, 1.54) is 10.8 Å². The highest BCUT2D eigenvalue weighted by Crippen LogP contribution is 2.31. The number of rotatable bonds is 8. The second-order valence-electron chi connectivity index (χ2n) is 7.90. The van der Waals surface area contributed by atoms with Crippen LogP contribution in [0.5, 0.6) is 5.75 Å². The van der Waals surface area contributed by atoms with Crippen LogP contribution in [0.4, 0.5) is 0 Å². The van der Waals surface area contributed by atoms with E-state index >= 15 is 0 Å². The van der Waals surface area contributed by atoms with Gasteiger partial charge in [-0.05, 0) is 97.3 Å². The first kappa shape index (κ1) is 25.2. The van der Waals surface area contributed by atoms with Crippen LogP contribution < -0.4 is 10.1 Å². The van der Waals surface area contributed by atoms with Crippen LogP contribution in [0, 0.1) is 18.5 Å². The molecule has 0 aromatic heterocycles. The van der Waals surface area contributed by atoms with Crippen molar-refractivity contribution in [3.63, 3.8) is 0 Å². The topological polar surface area (TPSA) is 62.1 Å². The Kier molecular flexibility index (Phi) is 8.77. The summed E-state index contributed by atoms with van der Waals surface area (Å²) in [5, 5.41) is 14.8. The van der Waals surface area contributed by atoms with Gasteiger partial charge in [-0.1, -0.05) is 72.8 Å². The molecule has 35 heavy (non-hydrogen) atoms. The number of benzene rings is 4. The largest absolute Gasteiger partial charge is 0.487 e. The molecule has 0 spiro atoms. The van der Waals surface area contributed by atoms with E-state index in [1.54, 1.807) is 6.08 Å². The molecular formula is C29H22I2N2O2. The number of nitrogens with one attached hydrogen (secondary N) is 1. The van der Waals surface area contributed by atoms with Crippen molar-refractivity contribution in [3.05, 3.63) is 114 Å². The second-order valence-corrected chi connectivity index (χ2v) is 10.2. The number of nitrogens with zero attached hydrogens (tertiary/aromatic N) is 1. The molecule has 4 nitrogen and oxygen atoms in total. The zero-order valence-corrected chi connectivity index (χ0v) is 23.1. The summed E-state index contributed by atoms with van der Waals surface area (Å²) in [6.07, 6.45) is 2.33. The second kappa shape index (κ2) is 12.2. The van der Waals surface area contributed by atoms with E-state index in [9.17, 15) is 10.1 Å². The van der Waals surface area contributed by atoms with Crippen LogP contribution in [-0.4, -0.2) is 12.5 Å². The number of carbonyl (C=O) groups is 1. The van der Waals surface area contributed by atoms with E-state index in [-0.39, 0.29) is 11.5 Å². The molecule has 0 atom stereocenters. The highest BCUT2D eigenvalue weighted by atomic mass is 127. The molecule has 174 valence electrons. The quantitative estimate of drug-likeness (QED) is 0.125. The SMILES string of the molecule is N#C/C(=C\c1cc(I)c(OCc2cccc3ccccc23)c(I)c1)C(=O)NCCc1ccccc1. The Bertz CT molecular complexity index is 1400. The normalized spacial score (nSPS) is 11.2. The summed E-state index contributed by atoms with van der Waals surface area (Å²) in [5.74, 6) is 0.423. The maximum absolute atomic E-state index is 12.5. The Morgan fingerprint density at radius 2 is 1.63 bits per heavy atom. The van der Waals surface area contributed by atoms with E-state index < -0.39 is 0 Å². The van der Waals surface area contributed by atoms with Crippen molar-refractivity contribution in [1.82, 2.24) is 5.32 Å². The first-order valence-corrected chi connectivity index (χ1v) is 13.2. The van der Waals surface area contributed by atoms with Crippen LogP contribution in [0.2, 0.25) is 0 Å². The Balaban J connectivity index is 1.44. The molecular weight excluding hydrogens is 662 g/mol. The smallest absolute Gasteiger partial charge is 0.261 e. The van der Waals surface area contributed by atoms with Crippen molar-refractivity contribution < 1.29 is 9.53 Å². The van der Waals surface area contributed by atoms with Crippen LogP contribution in [0.25, 0.3) is 16.8 Å². The van der Waals surface area contributed by atoms with Crippen LogP contribution in [-0.2, 0) is 17.8 Å². The maximum atomic E-state index is 12.5. The minimum atomic E-state index is -0.371. The van der Waals surface area contributed by atoms with Crippen LogP contribution in [0.1, 0.15) is 16.7 Å². The summed E-state index contributed by atoms with van der Waals surface area (Å²) in [6, 6.07) is 30.3. The molecule has 0 aliphatic heterocycles. The molecule has 0 saturated heterocycles. The van der Waals surface area contributed by atoms with Crippen molar-refractivity contribution in [2.45, 2.75) is 13.0 Å². The van der Waals surface area contributed by atoms with Gasteiger partial charge in [0.1, 0.15) is 24.0 Å². The lowest BCUT2D eigenvalue weighted by Crippen LogP contribution is -2.26. The van der Waals surface area contributed by atoms with Gasteiger partial charge in [-0.2, -0.15) is 5.26 Å². The minimum Gasteiger partial charge on any atom is -0.487 e. The Hall–Kier alpha value is -2.90. The molecule has 0 heterocycles.